The van der Waals surface area contributed by atoms with Gasteiger partial charge in [-0.15, -0.1) is 0 Å². The van der Waals surface area contributed by atoms with Crippen LogP contribution in [0.5, 0.6) is 0 Å². The second-order valence-corrected chi connectivity index (χ2v) is 9.42. The molecule has 2 heterocycles. The fraction of sp³-hybridized carbons (Fsp3) is 0.391. The average molecular weight is 514 g/mol. The van der Waals surface area contributed by atoms with E-state index in [9.17, 15) is 14.9 Å². The van der Waals surface area contributed by atoms with Gasteiger partial charge in [-0.2, -0.15) is 15.2 Å². The van der Waals surface area contributed by atoms with Crippen molar-refractivity contribution >= 4 is 46.2 Å². The number of nitrogen functional groups attached to an aromatic ring is 2. The van der Waals surface area contributed by atoms with Gasteiger partial charge in [-0.25, -0.2) is 9.78 Å². The van der Waals surface area contributed by atoms with Gasteiger partial charge in [0.2, 0.25) is 5.95 Å². The highest BCUT2D eigenvalue weighted by molar-refractivity contribution is 6.35. The summed E-state index contributed by atoms with van der Waals surface area (Å²) in [4.78, 5) is 38.0. The minimum absolute atomic E-state index is 0.0235. The lowest BCUT2D eigenvalue weighted by molar-refractivity contribution is 0.0526. The molecule has 0 aliphatic rings. The number of hydrogen-bond acceptors (Lipinski definition) is 10. The zero-order chi connectivity index (χ0) is 26.6. The summed E-state index contributed by atoms with van der Waals surface area (Å²) in [5.41, 5.74) is 11.0. The highest BCUT2D eigenvalue weighted by Gasteiger charge is 2.21. The number of halogens is 1. The molecule has 2 aromatic heterocycles. The van der Waals surface area contributed by atoms with Gasteiger partial charge in [0, 0.05) is 13.1 Å². The van der Waals surface area contributed by atoms with Crippen LogP contribution in [-0.4, -0.2) is 37.8 Å². The molecule has 3 aromatic rings. The van der Waals surface area contributed by atoms with Crippen molar-refractivity contribution in [3.05, 3.63) is 45.0 Å². The topological polar surface area (TPSA) is 187 Å². The molecule has 0 aliphatic carbocycles. The van der Waals surface area contributed by atoms with E-state index in [2.05, 4.69) is 25.6 Å². The Morgan fingerprint density at radius 3 is 2.67 bits per heavy atom. The molecule has 0 spiro atoms. The van der Waals surface area contributed by atoms with Crippen molar-refractivity contribution in [2.24, 2.45) is 0 Å². The lowest BCUT2D eigenvalue weighted by atomic mass is 10.2. The Kier molecular flexibility index (Phi) is 7.84. The van der Waals surface area contributed by atoms with Crippen LogP contribution in [0.4, 0.5) is 22.4 Å². The number of amides is 1. The number of aromatic nitrogens is 4. The van der Waals surface area contributed by atoms with Crippen molar-refractivity contribution in [1.82, 2.24) is 24.8 Å². The molecule has 1 atom stereocenters. The standard InChI is InChI=1S/C23H28ClN9O3/c1-12(29-18-13(11-25)17(26)31-21(27)32-18)19-30-15-8-5-7-14(24)16(15)20(34)33(19)10-6-9-28-22(35)36-23(2,3)4/h5,7-8,12H,6,9-10H2,1-4H3,(H,28,35)(H5,26,27,29,31,32)/t12-/m0/s1. The van der Waals surface area contributed by atoms with E-state index in [1.165, 1.54) is 4.57 Å². The number of fused-ring (bicyclic) bond motifs is 1. The number of hydrogen-bond donors (Lipinski definition) is 4. The Morgan fingerprint density at radius 2 is 2.00 bits per heavy atom. The predicted octanol–water partition coefficient (Wildman–Crippen LogP) is 2.96. The second-order valence-electron chi connectivity index (χ2n) is 9.01. The molecule has 190 valence electrons. The van der Waals surface area contributed by atoms with Gasteiger partial charge >= 0.3 is 6.09 Å². The molecule has 1 aromatic carbocycles. The lowest BCUT2D eigenvalue weighted by Crippen LogP contribution is -2.34. The maximum absolute atomic E-state index is 13.5. The first-order chi connectivity index (χ1) is 16.9. The molecule has 0 aliphatic heterocycles. The molecule has 0 radical (unpaired) electrons. The molecule has 0 fully saturated rings. The van der Waals surface area contributed by atoms with E-state index >= 15 is 0 Å². The smallest absolute Gasteiger partial charge is 0.407 e. The maximum atomic E-state index is 13.5. The number of nitriles is 1. The van der Waals surface area contributed by atoms with Gasteiger partial charge in [0.25, 0.3) is 5.56 Å². The third-order valence-electron chi connectivity index (χ3n) is 5.00. The Bertz CT molecular complexity index is 1390. The molecule has 1 amide bonds. The fourth-order valence-corrected chi connectivity index (χ4v) is 3.76. The summed E-state index contributed by atoms with van der Waals surface area (Å²) in [5, 5.41) is 15.8. The molecule has 13 heteroatoms. The van der Waals surface area contributed by atoms with Crippen LogP contribution in [0.3, 0.4) is 0 Å². The predicted molar refractivity (Wildman–Crippen MR) is 137 cm³/mol. The highest BCUT2D eigenvalue weighted by Crippen LogP contribution is 2.25. The Labute approximate surface area is 212 Å². The van der Waals surface area contributed by atoms with Gasteiger partial charge < -0.3 is 26.8 Å². The zero-order valence-corrected chi connectivity index (χ0v) is 21.2. The molecule has 0 unspecified atom stereocenters. The quantitative estimate of drug-likeness (QED) is 0.342. The van der Waals surface area contributed by atoms with Gasteiger partial charge in [-0.3, -0.25) is 9.36 Å². The van der Waals surface area contributed by atoms with E-state index in [4.69, 9.17) is 27.8 Å². The van der Waals surface area contributed by atoms with Crippen LogP contribution in [0.2, 0.25) is 5.02 Å². The van der Waals surface area contributed by atoms with E-state index in [0.29, 0.717) is 17.8 Å². The van der Waals surface area contributed by atoms with E-state index in [1.54, 1.807) is 45.9 Å². The van der Waals surface area contributed by atoms with Crippen LogP contribution in [0.25, 0.3) is 10.9 Å². The number of carbonyl (C=O) groups is 1. The number of alkyl carbamates (subject to hydrolysis) is 1. The summed E-state index contributed by atoms with van der Waals surface area (Å²) in [6, 6.07) is 6.37. The van der Waals surface area contributed by atoms with Crippen LogP contribution >= 0.6 is 11.6 Å². The maximum Gasteiger partial charge on any atom is 0.407 e. The van der Waals surface area contributed by atoms with Gasteiger partial charge in [-0.1, -0.05) is 17.7 Å². The molecule has 3 rings (SSSR count). The number of nitrogens with zero attached hydrogens (tertiary/aromatic N) is 5. The van der Waals surface area contributed by atoms with Crippen molar-refractivity contribution in [1.29, 1.82) is 5.26 Å². The van der Waals surface area contributed by atoms with E-state index in [1.807, 2.05) is 6.07 Å². The molecule has 36 heavy (non-hydrogen) atoms. The molecular formula is C23H28ClN9O3. The average Bonchev–Trinajstić information content (AvgIpc) is 2.76. The summed E-state index contributed by atoms with van der Waals surface area (Å²) in [5.74, 6) is 0.314. The fourth-order valence-electron chi connectivity index (χ4n) is 3.51. The summed E-state index contributed by atoms with van der Waals surface area (Å²) >= 11 is 6.31. The third-order valence-corrected chi connectivity index (χ3v) is 5.31. The summed E-state index contributed by atoms with van der Waals surface area (Å²) in [7, 11) is 0. The summed E-state index contributed by atoms with van der Waals surface area (Å²) in [6.07, 6.45) is -0.138. The first-order valence-electron chi connectivity index (χ1n) is 11.2. The second kappa shape index (κ2) is 10.7. The van der Waals surface area contributed by atoms with Crippen molar-refractivity contribution in [3.63, 3.8) is 0 Å². The first kappa shape index (κ1) is 26.5. The third kappa shape index (κ3) is 6.11. The van der Waals surface area contributed by atoms with Crippen molar-refractivity contribution in [2.75, 3.05) is 23.3 Å². The molecule has 0 bridgehead atoms. The highest BCUT2D eigenvalue weighted by atomic mass is 35.5. The van der Waals surface area contributed by atoms with Crippen LogP contribution in [0, 0.1) is 11.3 Å². The van der Waals surface area contributed by atoms with E-state index in [0.717, 1.165) is 0 Å². The van der Waals surface area contributed by atoms with Crippen LogP contribution < -0.4 is 27.7 Å². The minimum Gasteiger partial charge on any atom is -0.444 e. The zero-order valence-electron chi connectivity index (χ0n) is 20.4. The van der Waals surface area contributed by atoms with E-state index < -0.39 is 17.7 Å². The van der Waals surface area contributed by atoms with Gasteiger partial charge in [0.1, 0.15) is 28.9 Å². The Morgan fingerprint density at radius 1 is 1.28 bits per heavy atom. The number of ether oxygens (including phenoxy) is 1. The summed E-state index contributed by atoms with van der Waals surface area (Å²) in [6.45, 7) is 7.56. The molecule has 0 saturated carbocycles. The number of benzene rings is 1. The van der Waals surface area contributed by atoms with Crippen LogP contribution in [-0.2, 0) is 11.3 Å². The van der Waals surface area contributed by atoms with Crippen molar-refractivity contribution < 1.29 is 9.53 Å². The monoisotopic (exact) mass is 513 g/mol. The van der Waals surface area contributed by atoms with Crippen LogP contribution in [0.1, 0.15) is 51.5 Å². The Balaban J connectivity index is 1.94. The number of nitrogens with two attached hydrogens (primary N) is 2. The normalized spacial score (nSPS) is 12.1. The van der Waals surface area contributed by atoms with Crippen molar-refractivity contribution in [2.45, 2.75) is 52.3 Å². The van der Waals surface area contributed by atoms with Gasteiger partial charge in [0.15, 0.2) is 5.82 Å². The first-order valence-corrected chi connectivity index (χ1v) is 11.5. The Hall–Kier alpha value is -4.11. The van der Waals surface area contributed by atoms with Crippen LogP contribution in [0.15, 0.2) is 23.0 Å². The van der Waals surface area contributed by atoms with Gasteiger partial charge in [0.05, 0.1) is 22.0 Å². The van der Waals surface area contributed by atoms with Crippen molar-refractivity contribution in [3.8, 4) is 6.07 Å². The van der Waals surface area contributed by atoms with E-state index in [-0.39, 0.29) is 52.2 Å². The molecule has 0 saturated heterocycles. The largest absolute Gasteiger partial charge is 0.444 e. The number of nitrogens with one attached hydrogen (secondary N) is 2. The van der Waals surface area contributed by atoms with Gasteiger partial charge in [-0.05, 0) is 46.2 Å². The number of carbonyl (C=O) groups excluding carboxylic acids is 1. The number of rotatable bonds is 7. The SMILES string of the molecule is C[C@H](Nc1nc(N)nc(N)c1C#N)c1nc2cccc(Cl)c2c(=O)n1CCCNC(=O)OC(C)(C)C. The molecule has 6 N–H and O–H groups in total. The number of anilines is 3. The molecular weight excluding hydrogens is 486 g/mol. The minimum atomic E-state index is -0.621. The summed E-state index contributed by atoms with van der Waals surface area (Å²) < 4.78 is 6.71. The molecule has 12 nitrogen and oxygen atoms in total. The lowest BCUT2D eigenvalue weighted by Gasteiger charge is -2.21.